The van der Waals surface area contributed by atoms with Gasteiger partial charge in [0.05, 0.1) is 5.54 Å². The number of nitrogens with two attached hydrogens (primary N) is 1. The number of nitrogens with one attached hydrogen (secondary N) is 1. The van der Waals surface area contributed by atoms with Crippen LogP contribution >= 0.6 is 0 Å². The second-order valence-corrected chi connectivity index (χ2v) is 4.55. The Hall–Kier alpha value is -0.610. The third kappa shape index (κ3) is 5.19. The summed E-state index contributed by atoms with van der Waals surface area (Å²) in [5, 5.41) is 2.80. The van der Waals surface area contributed by atoms with Gasteiger partial charge >= 0.3 is 0 Å². The number of nitrogens with zero attached hydrogens (tertiary/aromatic N) is 1. The first-order valence-electron chi connectivity index (χ1n) is 5.02. The zero-order chi connectivity index (χ0) is 11.4. The zero-order valence-electron chi connectivity index (χ0n) is 9.92. The zero-order valence-corrected chi connectivity index (χ0v) is 9.92. The molecule has 4 nitrogen and oxygen atoms in total. The smallest absolute Gasteiger partial charge is 0.239 e. The minimum absolute atomic E-state index is 0.102. The molecule has 0 atom stereocenters. The quantitative estimate of drug-likeness (QED) is 0.667. The van der Waals surface area contributed by atoms with Crippen LogP contribution in [0.4, 0.5) is 0 Å². The summed E-state index contributed by atoms with van der Waals surface area (Å²) in [6, 6.07) is 0.498. The lowest BCUT2D eigenvalue weighted by Crippen LogP contribution is -2.50. The topological polar surface area (TPSA) is 58.4 Å². The highest BCUT2D eigenvalue weighted by Gasteiger charge is 2.20. The molecule has 14 heavy (non-hydrogen) atoms. The SMILES string of the molecule is CC(C)N(C)CCNC(=O)C(C)(C)N. The van der Waals surface area contributed by atoms with Crippen molar-refractivity contribution >= 4 is 5.91 Å². The second kappa shape index (κ2) is 5.32. The van der Waals surface area contributed by atoms with Gasteiger partial charge in [-0.25, -0.2) is 0 Å². The van der Waals surface area contributed by atoms with Crippen molar-refractivity contribution in [3.63, 3.8) is 0 Å². The molecule has 3 N–H and O–H groups in total. The number of amides is 1. The third-order valence-corrected chi connectivity index (χ3v) is 2.22. The molecule has 0 spiro atoms. The van der Waals surface area contributed by atoms with Crippen LogP contribution in [0.25, 0.3) is 0 Å². The van der Waals surface area contributed by atoms with E-state index in [0.29, 0.717) is 12.6 Å². The molecule has 4 heteroatoms. The van der Waals surface area contributed by atoms with E-state index in [9.17, 15) is 4.79 Å². The summed E-state index contributed by atoms with van der Waals surface area (Å²) in [4.78, 5) is 13.5. The molecule has 0 aliphatic carbocycles. The van der Waals surface area contributed by atoms with Gasteiger partial charge in [0.25, 0.3) is 0 Å². The van der Waals surface area contributed by atoms with Crippen LogP contribution < -0.4 is 11.1 Å². The highest BCUT2D eigenvalue weighted by Crippen LogP contribution is 1.96. The Balaban J connectivity index is 3.71. The molecule has 0 fully saturated rings. The highest BCUT2D eigenvalue weighted by molar-refractivity contribution is 5.84. The average molecular weight is 201 g/mol. The summed E-state index contributed by atoms with van der Waals surface area (Å²) in [7, 11) is 2.03. The normalized spacial score (nSPS) is 12.3. The van der Waals surface area contributed by atoms with Gasteiger partial charge < -0.3 is 16.0 Å². The van der Waals surface area contributed by atoms with Crippen LogP contribution in [0.15, 0.2) is 0 Å². The Labute approximate surface area is 86.8 Å². The molecular formula is C10H23N3O. The van der Waals surface area contributed by atoms with Gasteiger partial charge in [0.15, 0.2) is 0 Å². The van der Waals surface area contributed by atoms with Crippen LogP contribution in [0, 0.1) is 0 Å². The van der Waals surface area contributed by atoms with E-state index in [1.54, 1.807) is 13.8 Å². The molecule has 0 radical (unpaired) electrons. The number of rotatable bonds is 5. The molecular weight excluding hydrogens is 178 g/mol. The van der Waals surface area contributed by atoms with Crippen LogP contribution in [-0.4, -0.2) is 42.5 Å². The van der Waals surface area contributed by atoms with E-state index in [2.05, 4.69) is 24.1 Å². The van der Waals surface area contributed by atoms with Crippen molar-refractivity contribution in [2.24, 2.45) is 5.73 Å². The monoisotopic (exact) mass is 201 g/mol. The van der Waals surface area contributed by atoms with Gasteiger partial charge in [0.2, 0.25) is 5.91 Å². The molecule has 0 bridgehead atoms. The molecule has 0 rings (SSSR count). The van der Waals surface area contributed by atoms with E-state index < -0.39 is 5.54 Å². The lowest BCUT2D eigenvalue weighted by molar-refractivity contribution is -0.125. The van der Waals surface area contributed by atoms with Gasteiger partial charge in [-0.3, -0.25) is 4.79 Å². The second-order valence-electron chi connectivity index (χ2n) is 4.55. The first kappa shape index (κ1) is 13.4. The highest BCUT2D eigenvalue weighted by atomic mass is 16.2. The van der Waals surface area contributed by atoms with E-state index in [-0.39, 0.29) is 5.91 Å². The minimum atomic E-state index is -0.781. The summed E-state index contributed by atoms with van der Waals surface area (Å²) in [5.41, 5.74) is 4.85. The molecule has 0 saturated heterocycles. The van der Waals surface area contributed by atoms with Crippen molar-refractivity contribution in [3.8, 4) is 0 Å². The average Bonchev–Trinajstić information content (AvgIpc) is 2.01. The maximum Gasteiger partial charge on any atom is 0.239 e. The summed E-state index contributed by atoms with van der Waals surface area (Å²) in [5.74, 6) is -0.102. The molecule has 0 aromatic carbocycles. The van der Waals surface area contributed by atoms with Crippen LogP contribution in [-0.2, 0) is 4.79 Å². The molecule has 0 aliphatic heterocycles. The van der Waals surface area contributed by atoms with Crippen molar-refractivity contribution in [2.45, 2.75) is 39.3 Å². The third-order valence-electron chi connectivity index (χ3n) is 2.22. The number of carbonyl (C=O) groups excluding carboxylic acids is 1. The molecule has 0 heterocycles. The minimum Gasteiger partial charge on any atom is -0.353 e. The van der Waals surface area contributed by atoms with Gasteiger partial charge in [-0.2, -0.15) is 0 Å². The maximum absolute atomic E-state index is 11.4. The van der Waals surface area contributed by atoms with Crippen molar-refractivity contribution in [2.75, 3.05) is 20.1 Å². The lowest BCUT2D eigenvalue weighted by atomic mass is 10.1. The molecule has 0 unspecified atom stereocenters. The Kier molecular flexibility index (Phi) is 5.08. The molecule has 84 valence electrons. The van der Waals surface area contributed by atoms with E-state index in [1.807, 2.05) is 7.05 Å². The standard InChI is InChI=1S/C10H23N3O/c1-8(2)13(5)7-6-12-9(14)10(3,4)11/h8H,6-7,11H2,1-5H3,(H,12,14). The van der Waals surface area contributed by atoms with E-state index in [4.69, 9.17) is 5.73 Å². The van der Waals surface area contributed by atoms with E-state index in [1.165, 1.54) is 0 Å². The first-order chi connectivity index (χ1) is 6.25. The summed E-state index contributed by atoms with van der Waals surface area (Å²) < 4.78 is 0. The van der Waals surface area contributed by atoms with E-state index in [0.717, 1.165) is 6.54 Å². The molecule has 0 aliphatic rings. The fraction of sp³-hybridized carbons (Fsp3) is 0.900. The van der Waals surface area contributed by atoms with Crippen molar-refractivity contribution in [1.29, 1.82) is 0 Å². The van der Waals surface area contributed by atoms with Crippen molar-refractivity contribution in [3.05, 3.63) is 0 Å². The fourth-order valence-corrected chi connectivity index (χ4v) is 0.832. The first-order valence-corrected chi connectivity index (χ1v) is 5.02. The predicted octanol–water partition coefficient (Wildman–Crippen LogP) is 0.180. The number of likely N-dealkylation sites (N-methyl/N-ethyl adjacent to an activating group) is 1. The summed E-state index contributed by atoms with van der Waals surface area (Å²) in [6.07, 6.45) is 0. The van der Waals surface area contributed by atoms with Gasteiger partial charge in [-0.05, 0) is 34.7 Å². The molecule has 1 amide bonds. The Morgan fingerprint density at radius 2 is 2.00 bits per heavy atom. The molecule has 0 aromatic rings. The van der Waals surface area contributed by atoms with Gasteiger partial charge in [-0.15, -0.1) is 0 Å². The fourth-order valence-electron chi connectivity index (χ4n) is 0.832. The van der Waals surface area contributed by atoms with Crippen LogP contribution in [0.5, 0.6) is 0 Å². The van der Waals surface area contributed by atoms with Gasteiger partial charge in [-0.1, -0.05) is 0 Å². The number of hydrogen-bond donors (Lipinski definition) is 2. The summed E-state index contributed by atoms with van der Waals surface area (Å²) in [6.45, 7) is 9.14. The van der Waals surface area contributed by atoms with Crippen LogP contribution in [0.3, 0.4) is 0 Å². The van der Waals surface area contributed by atoms with Crippen molar-refractivity contribution < 1.29 is 4.79 Å². The van der Waals surface area contributed by atoms with Crippen LogP contribution in [0.1, 0.15) is 27.7 Å². The Morgan fingerprint density at radius 3 is 2.36 bits per heavy atom. The number of carbonyl (C=O) groups is 1. The van der Waals surface area contributed by atoms with Crippen molar-refractivity contribution in [1.82, 2.24) is 10.2 Å². The number of hydrogen-bond acceptors (Lipinski definition) is 3. The largest absolute Gasteiger partial charge is 0.353 e. The molecule has 0 aromatic heterocycles. The Bertz CT molecular complexity index is 184. The van der Waals surface area contributed by atoms with E-state index >= 15 is 0 Å². The lowest BCUT2D eigenvalue weighted by Gasteiger charge is -2.23. The summed E-state index contributed by atoms with van der Waals surface area (Å²) >= 11 is 0. The molecule has 0 saturated carbocycles. The van der Waals surface area contributed by atoms with Gasteiger partial charge in [0, 0.05) is 19.1 Å². The van der Waals surface area contributed by atoms with Crippen LogP contribution in [0.2, 0.25) is 0 Å². The Morgan fingerprint density at radius 1 is 1.50 bits per heavy atom. The maximum atomic E-state index is 11.4. The van der Waals surface area contributed by atoms with Gasteiger partial charge in [0.1, 0.15) is 0 Å². The predicted molar refractivity (Wildman–Crippen MR) is 59.0 cm³/mol.